The number of rotatable bonds is 5. The summed E-state index contributed by atoms with van der Waals surface area (Å²) in [5.41, 5.74) is 5.58. The predicted octanol–water partition coefficient (Wildman–Crippen LogP) is 3.86. The fourth-order valence-electron chi connectivity index (χ4n) is 2.66. The van der Waals surface area contributed by atoms with Crippen molar-refractivity contribution < 1.29 is 9.84 Å². The van der Waals surface area contributed by atoms with Crippen LogP contribution in [0.3, 0.4) is 0 Å². The van der Waals surface area contributed by atoms with Gasteiger partial charge in [0, 0.05) is 0 Å². The molecule has 0 heterocycles. The molecule has 1 unspecified atom stereocenters. The first kappa shape index (κ1) is 14.8. The predicted molar refractivity (Wildman–Crippen MR) is 81.7 cm³/mol. The number of hydrogen-bond donors (Lipinski definition) is 1. The van der Waals surface area contributed by atoms with Gasteiger partial charge in [-0.3, -0.25) is 0 Å². The van der Waals surface area contributed by atoms with Crippen LogP contribution in [0.5, 0.6) is 0 Å². The number of aliphatic hydroxyl groups excluding tert-OH is 1. The van der Waals surface area contributed by atoms with Crippen LogP contribution in [0.15, 0.2) is 42.5 Å². The van der Waals surface area contributed by atoms with Crippen molar-refractivity contribution in [3.05, 3.63) is 70.3 Å². The summed E-state index contributed by atoms with van der Waals surface area (Å²) in [7, 11) is 0. The zero-order valence-corrected chi connectivity index (χ0v) is 12.4. The van der Waals surface area contributed by atoms with Gasteiger partial charge in [-0.15, -0.1) is 0 Å². The van der Waals surface area contributed by atoms with E-state index >= 15 is 0 Å². The summed E-state index contributed by atoms with van der Waals surface area (Å²) in [6.07, 6.45) is -0.570. The lowest BCUT2D eigenvalue weighted by molar-refractivity contribution is 0.0271. The van der Waals surface area contributed by atoms with Gasteiger partial charge in [0.05, 0.1) is 13.2 Å². The summed E-state index contributed by atoms with van der Waals surface area (Å²) in [6, 6.07) is 14.2. The Labute approximate surface area is 121 Å². The molecule has 1 N–H and O–H groups in total. The Bertz CT molecular complexity index is 538. The highest BCUT2D eigenvalue weighted by molar-refractivity contribution is 5.39. The summed E-state index contributed by atoms with van der Waals surface area (Å²) in [5, 5.41) is 10.3. The van der Waals surface area contributed by atoms with Crippen molar-refractivity contribution in [2.45, 2.75) is 33.5 Å². The Morgan fingerprint density at radius 2 is 1.60 bits per heavy atom. The van der Waals surface area contributed by atoms with Gasteiger partial charge < -0.3 is 9.84 Å². The Morgan fingerprint density at radius 3 is 2.20 bits per heavy atom. The highest BCUT2D eigenvalue weighted by Crippen LogP contribution is 2.24. The molecule has 2 heteroatoms. The molecule has 1 atom stereocenters. The minimum atomic E-state index is -0.570. The standard InChI is InChI=1S/C18H22O2/c1-13-9-14(2)18(15(3)10-13)17(19)12-20-11-16-7-5-4-6-8-16/h4-10,17,19H,11-12H2,1-3H3. The minimum absolute atomic E-state index is 0.319. The fourth-order valence-corrected chi connectivity index (χ4v) is 2.66. The van der Waals surface area contributed by atoms with E-state index in [1.165, 1.54) is 5.56 Å². The van der Waals surface area contributed by atoms with Crippen molar-refractivity contribution in [1.82, 2.24) is 0 Å². The van der Waals surface area contributed by atoms with Gasteiger partial charge in [0.15, 0.2) is 0 Å². The molecule has 0 amide bonds. The third-order valence-electron chi connectivity index (χ3n) is 3.46. The van der Waals surface area contributed by atoms with E-state index in [-0.39, 0.29) is 0 Å². The lowest BCUT2D eigenvalue weighted by atomic mass is 9.96. The average Bonchev–Trinajstić information content (AvgIpc) is 2.38. The van der Waals surface area contributed by atoms with Crippen molar-refractivity contribution >= 4 is 0 Å². The van der Waals surface area contributed by atoms with E-state index in [4.69, 9.17) is 4.74 Å². The van der Waals surface area contributed by atoms with E-state index in [0.29, 0.717) is 13.2 Å². The second kappa shape index (κ2) is 6.69. The van der Waals surface area contributed by atoms with Gasteiger partial charge in [0.2, 0.25) is 0 Å². The van der Waals surface area contributed by atoms with Gasteiger partial charge >= 0.3 is 0 Å². The van der Waals surface area contributed by atoms with Crippen LogP contribution in [0.4, 0.5) is 0 Å². The number of aliphatic hydroxyl groups is 1. The fraction of sp³-hybridized carbons (Fsp3) is 0.333. The Balaban J connectivity index is 1.97. The van der Waals surface area contributed by atoms with E-state index in [1.807, 2.05) is 44.2 Å². The van der Waals surface area contributed by atoms with Crippen LogP contribution in [0.1, 0.15) is 33.9 Å². The molecule has 0 bridgehead atoms. The number of benzene rings is 2. The summed E-state index contributed by atoms with van der Waals surface area (Å²) < 4.78 is 5.63. The van der Waals surface area contributed by atoms with E-state index < -0.39 is 6.10 Å². The van der Waals surface area contributed by atoms with Crippen LogP contribution >= 0.6 is 0 Å². The Hall–Kier alpha value is -1.64. The van der Waals surface area contributed by atoms with Crippen molar-refractivity contribution in [1.29, 1.82) is 0 Å². The Kier molecular flexibility index (Phi) is 4.94. The first-order valence-electron chi connectivity index (χ1n) is 6.95. The molecule has 2 nitrogen and oxygen atoms in total. The summed E-state index contributed by atoms with van der Waals surface area (Å²) in [4.78, 5) is 0. The number of aryl methyl sites for hydroxylation is 3. The van der Waals surface area contributed by atoms with E-state index in [9.17, 15) is 5.11 Å². The van der Waals surface area contributed by atoms with Crippen LogP contribution in [0, 0.1) is 20.8 Å². The highest BCUT2D eigenvalue weighted by atomic mass is 16.5. The minimum Gasteiger partial charge on any atom is -0.386 e. The smallest absolute Gasteiger partial charge is 0.103 e. The van der Waals surface area contributed by atoms with Crippen molar-refractivity contribution in [3.63, 3.8) is 0 Å². The molecule has 0 aliphatic carbocycles. The number of hydrogen-bond acceptors (Lipinski definition) is 2. The van der Waals surface area contributed by atoms with Gasteiger partial charge in [-0.2, -0.15) is 0 Å². The first-order valence-corrected chi connectivity index (χ1v) is 6.95. The molecule has 0 fully saturated rings. The molecule has 2 rings (SSSR count). The summed E-state index contributed by atoms with van der Waals surface area (Å²) >= 11 is 0. The summed E-state index contributed by atoms with van der Waals surface area (Å²) in [5.74, 6) is 0. The van der Waals surface area contributed by atoms with Gasteiger partial charge in [0.1, 0.15) is 6.10 Å². The maximum absolute atomic E-state index is 10.3. The van der Waals surface area contributed by atoms with E-state index in [2.05, 4.69) is 19.1 Å². The maximum Gasteiger partial charge on any atom is 0.103 e. The van der Waals surface area contributed by atoms with Crippen LogP contribution in [-0.2, 0) is 11.3 Å². The lowest BCUT2D eigenvalue weighted by Gasteiger charge is -2.17. The van der Waals surface area contributed by atoms with Gasteiger partial charge in [-0.25, -0.2) is 0 Å². The average molecular weight is 270 g/mol. The van der Waals surface area contributed by atoms with Crippen molar-refractivity contribution in [3.8, 4) is 0 Å². The molecule has 0 aliphatic heterocycles. The topological polar surface area (TPSA) is 29.5 Å². The van der Waals surface area contributed by atoms with Gasteiger partial charge in [-0.05, 0) is 43.0 Å². The second-order valence-electron chi connectivity index (χ2n) is 5.33. The molecule has 2 aromatic carbocycles. The van der Waals surface area contributed by atoms with Crippen molar-refractivity contribution in [2.75, 3.05) is 6.61 Å². The molecule has 0 aliphatic rings. The van der Waals surface area contributed by atoms with Gasteiger partial charge in [-0.1, -0.05) is 48.0 Å². The number of ether oxygens (including phenoxy) is 1. The third kappa shape index (κ3) is 3.69. The molecule has 0 spiro atoms. The molecule has 0 radical (unpaired) electrons. The van der Waals surface area contributed by atoms with Crippen LogP contribution in [0.2, 0.25) is 0 Å². The summed E-state index contributed by atoms with van der Waals surface area (Å²) in [6.45, 7) is 7.00. The first-order chi connectivity index (χ1) is 9.58. The monoisotopic (exact) mass is 270 g/mol. The quantitative estimate of drug-likeness (QED) is 0.894. The van der Waals surface area contributed by atoms with E-state index in [0.717, 1.165) is 22.3 Å². The normalized spacial score (nSPS) is 12.4. The molecule has 2 aromatic rings. The van der Waals surface area contributed by atoms with Crippen LogP contribution < -0.4 is 0 Å². The molecule has 0 saturated carbocycles. The molecular formula is C18H22O2. The van der Waals surface area contributed by atoms with Crippen LogP contribution in [0.25, 0.3) is 0 Å². The molecular weight excluding hydrogens is 248 g/mol. The molecule has 106 valence electrons. The van der Waals surface area contributed by atoms with Gasteiger partial charge in [0.25, 0.3) is 0 Å². The lowest BCUT2D eigenvalue weighted by Crippen LogP contribution is -2.10. The van der Waals surface area contributed by atoms with Crippen molar-refractivity contribution in [2.24, 2.45) is 0 Å². The second-order valence-corrected chi connectivity index (χ2v) is 5.33. The molecule has 0 saturated heterocycles. The zero-order valence-electron chi connectivity index (χ0n) is 12.4. The molecule has 0 aromatic heterocycles. The zero-order chi connectivity index (χ0) is 14.5. The largest absolute Gasteiger partial charge is 0.386 e. The SMILES string of the molecule is Cc1cc(C)c(C(O)COCc2ccccc2)c(C)c1. The van der Waals surface area contributed by atoms with Crippen LogP contribution in [-0.4, -0.2) is 11.7 Å². The molecule has 20 heavy (non-hydrogen) atoms. The maximum atomic E-state index is 10.3. The highest BCUT2D eigenvalue weighted by Gasteiger charge is 2.14. The van der Waals surface area contributed by atoms with E-state index in [1.54, 1.807) is 0 Å². The third-order valence-corrected chi connectivity index (χ3v) is 3.46. The Morgan fingerprint density at radius 1 is 1.00 bits per heavy atom.